The Labute approximate surface area is 308 Å². The first-order chi connectivity index (χ1) is 25.5. The number of hydrogen-bond donors (Lipinski definition) is 3. The fraction of sp³-hybridized carbons (Fsp3) is 0.526. The average molecular weight is 752 g/mol. The van der Waals surface area contributed by atoms with Crippen molar-refractivity contribution in [2.45, 2.75) is 106 Å². The van der Waals surface area contributed by atoms with Crippen LogP contribution in [0.15, 0.2) is 54.6 Å². The second kappa shape index (κ2) is 15.1. The Morgan fingerprint density at radius 2 is 1.87 bits per heavy atom. The highest BCUT2D eigenvalue weighted by Crippen LogP contribution is 2.46. The van der Waals surface area contributed by atoms with Crippen molar-refractivity contribution in [1.82, 2.24) is 25.2 Å². The summed E-state index contributed by atoms with van der Waals surface area (Å²) in [5, 5.41) is 5.61. The van der Waals surface area contributed by atoms with Crippen LogP contribution in [0.2, 0.25) is 0 Å². The van der Waals surface area contributed by atoms with Gasteiger partial charge in [-0.25, -0.2) is 17.6 Å². The van der Waals surface area contributed by atoms with Gasteiger partial charge in [0.15, 0.2) is 0 Å². The first kappa shape index (κ1) is 36.8. The van der Waals surface area contributed by atoms with E-state index in [0.29, 0.717) is 42.7 Å². The van der Waals surface area contributed by atoms with Gasteiger partial charge in [-0.3, -0.25) is 24.0 Å². The third kappa shape index (κ3) is 8.05. The molecule has 7 rings (SSSR count). The summed E-state index contributed by atoms with van der Waals surface area (Å²) < 4.78 is 53.5. The Hall–Kier alpha value is -4.50. The lowest BCUT2D eigenvalue weighted by Gasteiger charge is -2.30. The molecule has 0 radical (unpaired) electrons. The minimum Gasteiger partial charge on any atom is -0.497 e. The predicted octanol–water partition coefficient (Wildman–Crippen LogP) is 3.42. The van der Waals surface area contributed by atoms with E-state index in [9.17, 15) is 32.0 Å². The van der Waals surface area contributed by atoms with E-state index in [1.807, 2.05) is 36.4 Å². The molecule has 2 aromatic rings. The van der Waals surface area contributed by atoms with Crippen LogP contribution in [0.4, 0.5) is 9.18 Å². The quantitative estimate of drug-likeness (QED) is 0.343. The largest absolute Gasteiger partial charge is 0.497 e. The lowest BCUT2D eigenvalue weighted by atomic mass is 10.0. The van der Waals surface area contributed by atoms with Gasteiger partial charge in [-0.2, -0.15) is 0 Å². The third-order valence-electron chi connectivity index (χ3n) is 11.0. The number of nitrogens with zero attached hydrogens (tertiary/aromatic N) is 2. The number of benzene rings is 2. The number of carbonyl (C=O) groups is 4. The number of halogens is 1. The Morgan fingerprint density at radius 3 is 2.64 bits per heavy atom. The molecule has 0 spiro atoms. The molecule has 13 nitrogen and oxygen atoms in total. The molecule has 4 amide bonds. The normalized spacial score (nSPS) is 28.0. The van der Waals surface area contributed by atoms with Crippen LogP contribution in [0.5, 0.6) is 5.75 Å². The Bertz CT molecular complexity index is 1900. The van der Waals surface area contributed by atoms with Crippen LogP contribution in [-0.4, -0.2) is 84.7 Å². The summed E-state index contributed by atoms with van der Waals surface area (Å²) in [7, 11) is -2.31. The second-order valence-electron chi connectivity index (χ2n) is 14.8. The van der Waals surface area contributed by atoms with E-state index in [-0.39, 0.29) is 38.4 Å². The molecule has 0 aromatic heterocycles. The maximum Gasteiger partial charge on any atom is 0.410 e. The van der Waals surface area contributed by atoms with Crippen molar-refractivity contribution in [1.29, 1.82) is 0 Å². The topological polar surface area (TPSA) is 163 Å². The molecule has 3 heterocycles. The number of carbonyl (C=O) groups excluding carboxylic acids is 4. The maximum atomic E-state index is 14.5. The van der Waals surface area contributed by atoms with Gasteiger partial charge in [0.25, 0.3) is 5.91 Å². The average Bonchev–Trinajstić information content (AvgIpc) is 4.02. The van der Waals surface area contributed by atoms with Crippen LogP contribution in [0.25, 0.3) is 0 Å². The smallest absolute Gasteiger partial charge is 0.410 e. The standard InChI is InChI=1S/C38H46FN5O8S/c1-51-27-12-7-9-24(17-27)20-40-32-14-6-4-2-3-5-11-26-19-38(26,36(47)42-53(49,50)29-15-16-29)41-34(45)33-18-28(22-44(33)35(32)46)52-37(48)43-21-25-10-8-13-31(39)30(25)23-43/h5,7-13,17,26,28-29,32-33,40H,2-4,6,14-16,18-23H2,1H3,(H,41,45)(H,42,47)/b11-5-/t26-,28-,32+,33+,38-/m1/s1. The summed E-state index contributed by atoms with van der Waals surface area (Å²) in [4.78, 5) is 58.6. The molecule has 0 bridgehead atoms. The summed E-state index contributed by atoms with van der Waals surface area (Å²) in [5.41, 5.74) is 0.496. The first-order valence-electron chi connectivity index (χ1n) is 18.4. The van der Waals surface area contributed by atoms with Gasteiger partial charge >= 0.3 is 6.09 Å². The number of amides is 4. The van der Waals surface area contributed by atoms with Crippen LogP contribution in [-0.2, 0) is 48.8 Å². The first-order valence-corrected chi connectivity index (χ1v) is 20.0. The highest BCUT2D eigenvalue weighted by atomic mass is 32.2. The van der Waals surface area contributed by atoms with E-state index in [1.165, 1.54) is 15.9 Å². The summed E-state index contributed by atoms with van der Waals surface area (Å²) in [6.07, 6.45) is 7.00. The number of nitrogens with one attached hydrogen (secondary N) is 3. The van der Waals surface area contributed by atoms with Crippen molar-refractivity contribution in [2.75, 3.05) is 13.7 Å². The van der Waals surface area contributed by atoms with E-state index in [0.717, 1.165) is 31.2 Å². The second-order valence-corrected chi connectivity index (χ2v) is 16.7. The number of allylic oxidation sites excluding steroid dienone is 1. The molecule has 5 atom stereocenters. The third-order valence-corrected chi connectivity index (χ3v) is 12.8. The van der Waals surface area contributed by atoms with Crippen molar-refractivity contribution >= 4 is 33.8 Å². The molecule has 15 heteroatoms. The van der Waals surface area contributed by atoms with Crippen molar-refractivity contribution in [3.05, 3.63) is 77.1 Å². The highest BCUT2D eigenvalue weighted by molar-refractivity contribution is 7.91. The highest BCUT2D eigenvalue weighted by Gasteiger charge is 2.62. The van der Waals surface area contributed by atoms with Crippen LogP contribution in [0.3, 0.4) is 0 Å². The molecule has 3 N–H and O–H groups in total. The van der Waals surface area contributed by atoms with Crippen LogP contribution >= 0.6 is 0 Å². The molecule has 2 aromatic carbocycles. The molecular formula is C38H46FN5O8S. The fourth-order valence-electron chi connectivity index (χ4n) is 7.65. The number of methoxy groups -OCH3 is 1. The van der Waals surface area contributed by atoms with E-state index < -0.39 is 68.6 Å². The molecule has 2 saturated carbocycles. The van der Waals surface area contributed by atoms with E-state index in [4.69, 9.17) is 9.47 Å². The predicted molar refractivity (Wildman–Crippen MR) is 191 cm³/mol. The van der Waals surface area contributed by atoms with E-state index in [2.05, 4.69) is 15.4 Å². The lowest BCUT2D eigenvalue weighted by molar-refractivity contribution is -0.141. The molecular weight excluding hydrogens is 706 g/mol. The Morgan fingerprint density at radius 1 is 1.06 bits per heavy atom. The number of hydrogen-bond acceptors (Lipinski definition) is 9. The molecule has 2 aliphatic carbocycles. The zero-order valence-electron chi connectivity index (χ0n) is 29.7. The van der Waals surface area contributed by atoms with E-state index >= 15 is 0 Å². The van der Waals surface area contributed by atoms with Gasteiger partial charge in [0, 0.05) is 31.0 Å². The van der Waals surface area contributed by atoms with Crippen molar-refractivity contribution in [3.63, 3.8) is 0 Å². The van der Waals surface area contributed by atoms with E-state index in [1.54, 1.807) is 19.2 Å². The molecule has 284 valence electrons. The lowest BCUT2D eigenvalue weighted by Crippen LogP contribution is -2.58. The van der Waals surface area contributed by atoms with Gasteiger partial charge in [-0.05, 0) is 67.9 Å². The molecule has 53 heavy (non-hydrogen) atoms. The van der Waals surface area contributed by atoms with Gasteiger partial charge in [-0.15, -0.1) is 0 Å². The molecule has 5 aliphatic rings. The zero-order valence-corrected chi connectivity index (χ0v) is 30.5. The summed E-state index contributed by atoms with van der Waals surface area (Å²) in [6, 6.07) is 10.4. The SMILES string of the molecule is COc1cccc(CN[C@H]2CCCCC/C=C\[C@@H]3C[C@@]3(C(=O)NS(=O)(=O)C3CC3)NC(=O)[C@@H]3C[C@@H](OC(=O)N4Cc5cccc(F)c5C4)CN3C2=O)c1. The van der Waals surface area contributed by atoms with Crippen LogP contribution in [0, 0.1) is 11.7 Å². The minimum absolute atomic E-state index is 0.0344. The van der Waals surface area contributed by atoms with Gasteiger partial charge < -0.3 is 25.0 Å². The van der Waals surface area contributed by atoms with Gasteiger partial charge in [-0.1, -0.05) is 49.3 Å². The van der Waals surface area contributed by atoms with Crippen LogP contribution in [0.1, 0.15) is 74.5 Å². The molecule has 0 unspecified atom stereocenters. The molecule has 3 fully saturated rings. The number of sulfonamides is 1. The Balaban J connectivity index is 1.13. The summed E-state index contributed by atoms with van der Waals surface area (Å²) >= 11 is 0. The van der Waals surface area contributed by atoms with Gasteiger partial charge in [0.1, 0.15) is 29.3 Å². The van der Waals surface area contributed by atoms with Gasteiger partial charge in [0.05, 0.1) is 31.5 Å². The molecule has 1 saturated heterocycles. The van der Waals surface area contributed by atoms with Crippen LogP contribution < -0.4 is 20.1 Å². The minimum atomic E-state index is -3.89. The monoisotopic (exact) mass is 751 g/mol. The summed E-state index contributed by atoms with van der Waals surface area (Å²) in [5.74, 6) is -1.94. The van der Waals surface area contributed by atoms with Gasteiger partial charge in [0.2, 0.25) is 21.8 Å². The summed E-state index contributed by atoms with van der Waals surface area (Å²) in [6.45, 7) is 0.476. The Kier molecular flexibility index (Phi) is 10.5. The van der Waals surface area contributed by atoms with Crippen molar-refractivity contribution in [3.8, 4) is 5.75 Å². The molecule has 3 aliphatic heterocycles. The number of rotatable bonds is 8. The zero-order chi connectivity index (χ0) is 37.3. The van der Waals surface area contributed by atoms with Crippen molar-refractivity contribution < 1.29 is 41.5 Å². The fourth-order valence-corrected chi connectivity index (χ4v) is 9.02. The number of fused-ring (bicyclic) bond motifs is 3. The maximum absolute atomic E-state index is 14.5. The van der Waals surface area contributed by atoms with Crippen molar-refractivity contribution in [2.24, 2.45) is 5.92 Å². The number of ether oxygens (including phenoxy) is 2.